The van der Waals surface area contributed by atoms with Crippen LogP contribution in [0.25, 0.3) is 104 Å². The maximum atomic E-state index is 2.53. The fourth-order valence-electron chi connectivity index (χ4n) is 9.29. The van der Waals surface area contributed by atoms with Gasteiger partial charge in [-0.1, -0.05) is 140 Å². The van der Waals surface area contributed by atoms with E-state index in [1.54, 1.807) is 0 Å². The van der Waals surface area contributed by atoms with Gasteiger partial charge in [0.25, 0.3) is 0 Å². The van der Waals surface area contributed by atoms with E-state index in [1.807, 2.05) is 0 Å². The van der Waals surface area contributed by atoms with Crippen molar-refractivity contribution in [3.05, 3.63) is 200 Å². The second-order valence-electron chi connectivity index (χ2n) is 14.5. The first-order valence-corrected chi connectivity index (χ1v) is 19.0. The molecule has 0 atom stereocenters. The molecule has 12 rings (SSSR count). The Labute approximate surface area is 317 Å². The first kappa shape index (κ1) is 30.1. The summed E-state index contributed by atoms with van der Waals surface area (Å²) in [6, 6.07) is 73.1. The van der Waals surface area contributed by atoms with Crippen LogP contribution >= 0.6 is 0 Å². The highest BCUT2D eigenvalue weighted by Crippen LogP contribution is 2.50. The average molecular weight is 700 g/mol. The summed E-state index contributed by atoms with van der Waals surface area (Å²) in [5.41, 5.74) is 13.1. The number of aromatic nitrogens is 3. The fraction of sp³-hybridized carbons (Fsp3) is 0. The number of benzene rings is 9. The van der Waals surface area contributed by atoms with Crippen LogP contribution in [0.15, 0.2) is 200 Å². The lowest BCUT2D eigenvalue weighted by atomic mass is 10.0. The van der Waals surface area contributed by atoms with Crippen LogP contribution in [0.3, 0.4) is 0 Å². The predicted octanol–water partition coefficient (Wildman–Crippen LogP) is 13.8. The van der Waals surface area contributed by atoms with Gasteiger partial charge in [-0.15, -0.1) is 0 Å². The van der Waals surface area contributed by atoms with E-state index in [1.165, 1.54) is 87.3 Å². The highest BCUT2D eigenvalue weighted by molar-refractivity contribution is 6.40. The quantitative estimate of drug-likeness (QED) is 0.174. The molecule has 9 aromatic carbocycles. The predicted molar refractivity (Wildman–Crippen MR) is 232 cm³/mol. The van der Waals surface area contributed by atoms with Gasteiger partial charge in [0.05, 0.1) is 33.1 Å². The van der Waals surface area contributed by atoms with Crippen LogP contribution in [0, 0.1) is 0 Å². The summed E-state index contributed by atoms with van der Waals surface area (Å²) in [5.74, 6) is 0. The van der Waals surface area contributed by atoms with Crippen LogP contribution in [0.4, 0.5) is 0 Å². The maximum Gasteiger partial charge on any atom is 0.0810 e. The Morgan fingerprint density at radius 3 is 1.27 bits per heavy atom. The van der Waals surface area contributed by atoms with Crippen molar-refractivity contribution in [3.8, 4) is 28.2 Å². The van der Waals surface area contributed by atoms with Crippen LogP contribution in [0.2, 0.25) is 0 Å². The molecule has 0 N–H and O–H groups in total. The fourth-order valence-corrected chi connectivity index (χ4v) is 9.29. The minimum Gasteiger partial charge on any atom is -0.309 e. The van der Waals surface area contributed by atoms with Crippen molar-refractivity contribution >= 4 is 76.2 Å². The number of hydrogen-bond acceptors (Lipinski definition) is 0. The van der Waals surface area contributed by atoms with Crippen molar-refractivity contribution < 1.29 is 0 Å². The van der Waals surface area contributed by atoms with Gasteiger partial charge in [-0.2, -0.15) is 0 Å². The standard InChI is InChI=1S/C52H33N3/c1-4-16-34(17-5-1)35-28-29-37-33-40(31-30-36(37)32-35)55-45-26-14-11-23-42(45)48-47-41-22-10-13-25-44(41)53(38-18-6-2-7-19-38)50(47)49-43-24-12-15-27-46(43)54(52(49)51(48)55)39-20-8-3-9-21-39/h1-33H. The molecule has 0 radical (unpaired) electrons. The van der Waals surface area contributed by atoms with Gasteiger partial charge in [0.1, 0.15) is 0 Å². The summed E-state index contributed by atoms with van der Waals surface area (Å²) in [4.78, 5) is 0. The van der Waals surface area contributed by atoms with Gasteiger partial charge in [0.15, 0.2) is 0 Å². The molecular formula is C52H33N3. The van der Waals surface area contributed by atoms with Gasteiger partial charge in [-0.05, 0) is 82.6 Å². The summed E-state index contributed by atoms with van der Waals surface area (Å²) in [5, 5.41) is 9.96. The van der Waals surface area contributed by atoms with E-state index in [9.17, 15) is 0 Å². The molecule has 256 valence electrons. The molecule has 12 aromatic rings. The van der Waals surface area contributed by atoms with E-state index in [-0.39, 0.29) is 0 Å². The van der Waals surface area contributed by atoms with Crippen LogP contribution in [0.1, 0.15) is 0 Å². The number of para-hydroxylation sites is 5. The number of fused-ring (bicyclic) bond motifs is 13. The molecule has 0 spiro atoms. The SMILES string of the molecule is c1ccc(-c2ccc3cc(-n4c5ccccc5c5c6c7ccccc7n(-c7ccccc7)c6c6c7ccccc7n(-c7ccccc7)c6c54)ccc3c2)cc1. The minimum absolute atomic E-state index is 1.14. The van der Waals surface area contributed by atoms with Gasteiger partial charge >= 0.3 is 0 Å². The topological polar surface area (TPSA) is 14.8 Å². The van der Waals surface area contributed by atoms with Crippen molar-refractivity contribution in [1.82, 2.24) is 13.7 Å². The third kappa shape index (κ3) is 4.26. The van der Waals surface area contributed by atoms with E-state index in [0.717, 1.165) is 17.1 Å². The van der Waals surface area contributed by atoms with Crippen LogP contribution in [-0.4, -0.2) is 13.7 Å². The number of rotatable bonds is 4. The van der Waals surface area contributed by atoms with Crippen molar-refractivity contribution in [1.29, 1.82) is 0 Å². The van der Waals surface area contributed by atoms with E-state index in [2.05, 4.69) is 214 Å². The van der Waals surface area contributed by atoms with Gasteiger partial charge in [-0.3, -0.25) is 0 Å². The molecule has 0 unspecified atom stereocenters. The smallest absolute Gasteiger partial charge is 0.0810 e. The monoisotopic (exact) mass is 699 g/mol. The molecule has 3 heteroatoms. The second-order valence-corrected chi connectivity index (χ2v) is 14.5. The molecule has 0 aliphatic carbocycles. The first-order chi connectivity index (χ1) is 27.3. The number of nitrogens with zero attached hydrogens (tertiary/aromatic N) is 3. The molecule has 3 aromatic heterocycles. The Morgan fingerprint density at radius 2 is 0.673 bits per heavy atom. The zero-order valence-corrected chi connectivity index (χ0v) is 29.9. The summed E-state index contributed by atoms with van der Waals surface area (Å²) in [7, 11) is 0. The highest BCUT2D eigenvalue weighted by Gasteiger charge is 2.28. The Morgan fingerprint density at radius 1 is 0.255 bits per heavy atom. The van der Waals surface area contributed by atoms with E-state index in [0.29, 0.717) is 0 Å². The normalized spacial score (nSPS) is 12.0. The van der Waals surface area contributed by atoms with E-state index < -0.39 is 0 Å². The summed E-state index contributed by atoms with van der Waals surface area (Å²) >= 11 is 0. The largest absolute Gasteiger partial charge is 0.309 e. The molecule has 0 saturated carbocycles. The van der Waals surface area contributed by atoms with Gasteiger partial charge < -0.3 is 13.7 Å². The molecule has 0 fully saturated rings. The summed E-state index contributed by atoms with van der Waals surface area (Å²) in [6.45, 7) is 0. The van der Waals surface area contributed by atoms with Gasteiger partial charge in [0, 0.05) is 49.4 Å². The lowest BCUT2D eigenvalue weighted by Crippen LogP contribution is -2.00. The number of hydrogen-bond donors (Lipinski definition) is 0. The minimum atomic E-state index is 1.14. The van der Waals surface area contributed by atoms with Crippen molar-refractivity contribution in [2.24, 2.45) is 0 Å². The molecule has 0 amide bonds. The third-order valence-corrected chi connectivity index (χ3v) is 11.6. The molecule has 0 aliphatic heterocycles. The lowest BCUT2D eigenvalue weighted by molar-refractivity contribution is 1.15. The Bertz CT molecular complexity index is 3460. The van der Waals surface area contributed by atoms with E-state index in [4.69, 9.17) is 0 Å². The maximum absolute atomic E-state index is 2.53. The summed E-state index contributed by atoms with van der Waals surface area (Å²) < 4.78 is 7.53. The van der Waals surface area contributed by atoms with Crippen molar-refractivity contribution in [2.45, 2.75) is 0 Å². The third-order valence-electron chi connectivity index (χ3n) is 11.6. The van der Waals surface area contributed by atoms with Crippen LogP contribution in [0.5, 0.6) is 0 Å². The zero-order valence-electron chi connectivity index (χ0n) is 29.9. The molecule has 3 nitrogen and oxygen atoms in total. The zero-order chi connectivity index (χ0) is 36.0. The Balaban J connectivity index is 1.32. The van der Waals surface area contributed by atoms with Crippen molar-refractivity contribution in [3.63, 3.8) is 0 Å². The Hall–Kier alpha value is -7.36. The average Bonchev–Trinajstić information content (AvgIpc) is 3.90. The molecule has 0 aliphatic rings. The second kappa shape index (κ2) is 11.6. The van der Waals surface area contributed by atoms with Crippen LogP contribution < -0.4 is 0 Å². The van der Waals surface area contributed by atoms with Crippen LogP contribution in [-0.2, 0) is 0 Å². The molecular weight excluding hydrogens is 667 g/mol. The van der Waals surface area contributed by atoms with Crippen molar-refractivity contribution in [2.75, 3.05) is 0 Å². The lowest BCUT2D eigenvalue weighted by Gasteiger charge is -2.15. The molecule has 55 heavy (non-hydrogen) atoms. The molecule has 0 saturated heterocycles. The van der Waals surface area contributed by atoms with Gasteiger partial charge in [0.2, 0.25) is 0 Å². The molecule has 3 heterocycles. The van der Waals surface area contributed by atoms with Gasteiger partial charge in [-0.25, -0.2) is 0 Å². The first-order valence-electron chi connectivity index (χ1n) is 19.0. The Kier molecular flexibility index (Phi) is 6.34. The molecule has 0 bridgehead atoms. The highest BCUT2D eigenvalue weighted by atomic mass is 15.1. The van der Waals surface area contributed by atoms with E-state index >= 15 is 0 Å². The summed E-state index contributed by atoms with van der Waals surface area (Å²) in [6.07, 6.45) is 0.